The highest BCUT2D eigenvalue weighted by Gasteiger charge is 2.31. The van der Waals surface area contributed by atoms with Crippen molar-refractivity contribution in [1.29, 1.82) is 0 Å². The fourth-order valence-electron chi connectivity index (χ4n) is 5.17. The minimum absolute atomic E-state index is 0.0201. The standard InChI is InChI=1S/C26H31ClFN9O2/c1-16-10-23(34-33-16)30-22-12-24(36-8-6-35(7-9-36)19-14-39-15-19)32-26(31-22)29-18-4-5-37(13-18)25(38)20-3-2-17(27)11-21(20)28/h2-3,10-12,18-19H,4-9,13-15H2,1H3,(H3,29,30,31,32,33,34)/t18-/m0/s1. The fraction of sp³-hybridized carbons (Fsp3) is 0.462. The summed E-state index contributed by atoms with van der Waals surface area (Å²) < 4.78 is 19.7. The van der Waals surface area contributed by atoms with Crippen LogP contribution in [0.4, 0.5) is 27.8 Å². The number of aryl methyl sites for hydroxylation is 1. The Kier molecular flexibility index (Phi) is 7.24. The number of aromatic amines is 1. The fourth-order valence-corrected chi connectivity index (χ4v) is 5.33. The summed E-state index contributed by atoms with van der Waals surface area (Å²) >= 11 is 5.85. The molecule has 1 atom stereocenters. The summed E-state index contributed by atoms with van der Waals surface area (Å²) in [6.45, 7) is 8.08. The van der Waals surface area contributed by atoms with Crippen molar-refractivity contribution in [3.63, 3.8) is 0 Å². The van der Waals surface area contributed by atoms with Crippen molar-refractivity contribution >= 4 is 40.9 Å². The summed E-state index contributed by atoms with van der Waals surface area (Å²) in [6.07, 6.45) is 0.692. The van der Waals surface area contributed by atoms with E-state index in [2.05, 4.69) is 30.6 Å². The molecule has 3 aliphatic rings. The molecule has 3 saturated heterocycles. The van der Waals surface area contributed by atoms with Crippen molar-refractivity contribution in [2.24, 2.45) is 0 Å². The minimum Gasteiger partial charge on any atom is -0.378 e. The molecule has 3 fully saturated rings. The first-order valence-corrected chi connectivity index (χ1v) is 13.5. The Hall–Kier alpha value is -3.48. The summed E-state index contributed by atoms with van der Waals surface area (Å²) in [5.41, 5.74) is 0.959. The summed E-state index contributed by atoms with van der Waals surface area (Å²) in [5.74, 6) is 1.61. The van der Waals surface area contributed by atoms with E-state index in [9.17, 15) is 9.18 Å². The van der Waals surface area contributed by atoms with Crippen molar-refractivity contribution in [2.75, 3.05) is 68.0 Å². The number of benzene rings is 1. The molecule has 3 N–H and O–H groups in total. The first-order valence-electron chi connectivity index (χ1n) is 13.2. The van der Waals surface area contributed by atoms with Gasteiger partial charge in [0.1, 0.15) is 17.5 Å². The Labute approximate surface area is 230 Å². The van der Waals surface area contributed by atoms with Crippen molar-refractivity contribution in [3.05, 3.63) is 52.4 Å². The Balaban J connectivity index is 1.16. The number of ether oxygens (including phenoxy) is 1. The lowest BCUT2D eigenvalue weighted by Crippen LogP contribution is -2.56. The van der Waals surface area contributed by atoms with Crippen LogP contribution in [0, 0.1) is 12.7 Å². The first kappa shape index (κ1) is 25.8. The maximum Gasteiger partial charge on any atom is 0.256 e. The number of nitrogens with zero attached hydrogens (tertiary/aromatic N) is 6. The van der Waals surface area contributed by atoms with E-state index in [0.29, 0.717) is 43.1 Å². The quantitative estimate of drug-likeness (QED) is 0.405. The van der Waals surface area contributed by atoms with Gasteiger partial charge >= 0.3 is 0 Å². The van der Waals surface area contributed by atoms with Gasteiger partial charge < -0.3 is 25.2 Å². The maximum atomic E-state index is 14.3. The molecule has 13 heteroatoms. The lowest BCUT2D eigenvalue weighted by molar-refractivity contribution is -0.0660. The molecule has 0 unspecified atom stereocenters. The number of carbonyl (C=O) groups is 1. The van der Waals surface area contributed by atoms with Gasteiger partial charge in [0.05, 0.1) is 24.8 Å². The summed E-state index contributed by atoms with van der Waals surface area (Å²) in [5, 5.41) is 14.1. The second kappa shape index (κ2) is 10.9. The number of hydrogen-bond donors (Lipinski definition) is 3. The number of nitrogens with one attached hydrogen (secondary N) is 3. The molecule has 0 aliphatic carbocycles. The van der Waals surface area contributed by atoms with Gasteiger partial charge in [-0.15, -0.1) is 0 Å². The Bertz CT molecular complexity index is 1340. The first-order chi connectivity index (χ1) is 18.9. The zero-order chi connectivity index (χ0) is 26.9. The van der Waals surface area contributed by atoms with E-state index in [-0.39, 0.29) is 22.5 Å². The molecule has 0 spiro atoms. The highest BCUT2D eigenvalue weighted by molar-refractivity contribution is 6.30. The summed E-state index contributed by atoms with van der Waals surface area (Å²) in [4.78, 5) is 28.9. The number of anilines is 4. The second-order valence-electron chi connectivity index (χ2n) is 10.2. The third kappa shape index (κ3) is 5.77. The lowest BCUT2D eigenvalue weighted by atomic mass is 10.2. The zero-order valence-corrected chi connectivity index (χ0v) is 22.4. The van der Waals surface area contributed by atoms with E-state index in [1.54, 1.807) is 4.90 Å². The van der Waals surface area contributed by atoms with Gasteiger partial charge in [0, 0.05) is 68.2 Å². The van der Waals surface area contributed by atoms with Crippen LogP contribution in [-0.2, 0) is 4.74 Å². The monoisotopic (exact) mass is 555 g/mol. The molecular formula is C26H31ClFN9O2. The van der Waals surface area contributed by atoms with Crippen LogP contribution in [0.25, 0.3) is 0 Å². The lowest BCUT2D eigenvalue weighted by Gasteiger charge is -2.42. The molecule has 3 aromatic rings. The molecule has 1 amide bonds. The van der Waals surface area contributed by atoms with Gasteiger partial charge in [-0.3, -0.25) is 14.8 Å². The highest BCUT2D eigenvalue weighted by Crippen LogP contribution is 2.25. The van der Waals surface area contributed by atoms with Crippen LogP contribution in [0.15, 0.2) is 30.3 Å². The van der Waals surface area contributed by atoms with E-state index in [1.165, 1.54) is 12.1 Å². The van der Waals surface area contributed by atoms with E-state index < -0.39 is 5.82 Å². The molecule has 0 bridgehead atoms. The number of rotatable bonds is 7. The molecule has 39 heavy (non-hydrogen) atoms. The van der Waals surface area contributed by atoms with Gasteiger partial charge in [-0.2, -0.15) is 15.1 Å². The zero-order valence-electron chi connectivity index (χ0n) is 21.7. The number of hydrogen-bond acceptors (Lipinski definition) is 9. The molecule has 5 heterocycles. The van der Waals surface area contributed by atoms with Crippen molar-refractivity contribution in [1.82, 2.24) is 30.0 Å². The predicted octanol–water partition coefficient (Wildman–Crippen LogP) is 2.89. The van der Waals surface area contributed by atoms with Gasteiger partial charge in [0.2, 0.25) is 5.95 Å². The molecular weight excluding hydrogens is 525 g/mol. The number of likely N-dealkylation sites (tertiary alicyclic amines) is 1. The van der Waals surface area contributed by atoms with Crippen molar-refractivity contribution in [2.45, 2.75) is 25.4 Å². The van der Waals surface area contributed by atoms with Crippen LogP contribution in [-0.4, -0.2) is 100 Å². The van der Waals surface area contributed by atoms with Crippen LogP contribution in [0.2, 0.25) is 5.02 Å². The van der Waals surface area contributed by atoms with E-state index in [0.717, 1.165) is 57.0 Å². The summed E-state index contributed by atoms with van der Waals surface area (Å²) in [7, 11) is 0. The Morgan fingerprint density at radius 2 is 1.92 bits per heavy atom. The molecule has 0 saturated carbocycles. The van der Waals surface area contributed by atoms with E-state index in [4.69, 9.17) is 26.3 Å². The highest BCUT2D eigenvalue weighted by atomic mass is 35.5. The van der Waals surface area contributed by atoms with Crippen LogP contribution >= 0.6 is 11.6 Å². The Morgan fingerprint density at radius 3 is 2.62 bits per heavy atom. The minimum atomic E-state index is -0.616. The average molecular weight is 556 g/mol. The van der Waals surface area contributed by atoms with E-state index >= 15 is 0 Å². The number of amides is 1. The number of piperazine rings is 1. The molecule has 206 valence electrons. The molecule has 11 nitrogen and oxygen atoms in total. The smallest absolute Gasteiger partial charge is 0.256 e. The van der Waals surface area contributed by atoms with Gasteiger partial charge in [0.15, 0.2) is 5.82 Å². The van der Waals surface area contributed by atoms with Gasteiger partial charge in [-0.1, -0.05) is 11.6 Å². The number of H-pyrrole nitrogens is 1. The number of halogens is 2. The van der Waals surface area contributed by atoms with Crippen molar-refractivity contribution in [3.8, 4) is 0 Å². The maximum absolute atomic E-state index is 14.3. The SMILES string of the molecule is Cc1cc(Nc2cc(N3CCN(C4COC4)CC3)nc(N[C@H]3CCN(C(=O)c4ccc(Cl)cc4F)C3)n2)n[nH]1. The average Bonchev–Trinajstić information content (AvgIpc) is 3.51. The van der Waals surface area contributed by atoms with Gasteiger partial charge in [-0.05, 0) is 31.5 Å². The number of carbonyl (C=O) groups excluding carboxylic acids is 1. The normalized spacial score (nSPS) is 20.2. The van der Waals surface area contributed by atoms with Crippen LogP contribution in [0.1, 0.15) is 22.5 Å². The number of aromatic nitrogens is 4. The largest absolute Gasteiger partial charge is 0.378 e. The van der Waals surface area contributed by atoms with Crippen LogP contribution < -0.4 is 15.5 Å². The molecule has 6 rings (SSSR count). The van der Waals surface area contributed by atoms with Crippen molar-refractivity contribution < 1.29 is 13.9 Å². The third-order valence-corrected chi connectivity index (χ3v) is 7.66. The van der Waals surface area contributed by atoms with Crippen LogP contribution in [0.5, 0.6) is 0 Å². The Morgan fingerprint density at radius 1 is 1.10 bits per heavy atom. The van der Waals surface area contributed by atoms with E-state index in [1.807, 2.05) is 19.1 Å². The topological polar surface area (TPSA) is 115 Å². The summed E-state index contributed by atoms with van der Waals surface area (Å²) in [6, 6.07) is 8.41. The van der Waals surface area contributed by atoms with Gasteiger partial charge in [0.25, 0.3) is 5.91 Å². The predicted molar refractivity (Wildman–Crippen MR) is 146 cm³/mol. The van der Waals surface area contributed by atoms with Crippen LogP contribution in [0.3, 0.4) is 0 Å². The van der Waals surface area contributed by atoms with Gasteiger partial charge in [-0.25, -0.2) is 4.39 Å². The molecule has 2 aromatic heterocycles. The second-order valence-corrected chi connectivity index (χ2v) is 10.7. The molecule has 1 aromatic carbocycles. The molecule has 3 aliphatic heterocycles. The molecule has 0 radical (unpaired) electrons. The third-order valence-electron chi connectivity index (χ3n) is 7.42.